The Morgan fingerprint density at radius 3 is 2.62 bits per heavy atom. The highest BCUT2D eigenvalue weighted by atomic mass is 32.1. The molecule has 26 heavy (non-hydrogen) atoms. The van der Waals surface area contributed by atoms with Gasteiger partial charge in [-0.05, 0) is 12.1 Å². The predicted molar refractivity (Wildman–Crippen MR) is 93.0 cm³/mol. The summed E-state index contributed by atoms with van der Waals surface area (Å²) in [4.78, 5) is 16.5. The van der Waals surface area contributed by atoms with E-state index < -0.39 is 12.1 Å². The van der Waals surface area contributed by atoms with E-state index in [2.05, 4.69) is 15.0 Å². The van der Waals surface area contributed by atoms with Gasteiger partial charge in [-0.25, -0.2) is 4.98 Å². The highest BCUT2D eigenvalue weighted by Crippen LogP contribution is 2.26. The summed E-state index contributed by atoms with van der Waals surface area (Å²) in [5.74, 6) is -0.769. The van der Waals surface area contributed by atoms with E-state index in [9.17, 15) is 18.0 Å². The highest BCUT2D eigenvalue weighted by Gasteiger charge is 2.31. The first kappa shape index (κ1) is 17.9. The van der Waals surface area contributed by atoms with Gasteiger partial charge in [-0.1, -0.05) is 36.4 Å². The summed E-state index contributed by atoms with van der Waals surface area (Å²) in [6.07, 6.45) is -4.76. The lowest BCUT2D eigenvalue weighted by Crippen LogP contribution is -2.18. The van der Waals surface area contributed by atoms with Gasteiger partial charge >= 0.3 is 6.36 Å². The van der Waals surface area contributed by atoms with Crippen LogP contribution in [0.25, 0.3) is 10.6 Å². The molecular weight excluding hydrogens is 365 g/mol. The number of alkyl halides is 3. The fourth-order valence-corrected chi connectivity index (χ4v) is 3.07. The first-order valence-electron chi connectivity index (χ1n) is 7.54. The van der Waals surface area contributed by atoms with E-state index >= 15 is 0 Å². The molecule has 0 saturated heterocycles. The lowest BCUT2D eigenvalue weighted by Gasteiger charge is -2.10. The number of anilines is 1. The molecule has 4 nitrogen and oxygen atoms in total. The standard InChI is InChI=1S/C18H13F3N2O2S/c19-18(20,21)25-15-8-4-7-13(9-15)22-16(24)10-14-11-26-17(23-14)12-5-2-1-3-6-12/h1-9,11H,10H2,(H,22,24). The summed E-state index contributed by atoms with van der Waals surface area (Å²) in [6, 6.07) is 14.7. The zero-order chi connectivity index (χ0) is 18.6. The number of halogens is 3. The topological polar surface area (TPSA) is 51.2 Å². The van der Waals surface area contributed by atoms with Crippen LogP contribution in [0.2, 0.25) is 0 Å². The Morgan fingerprint density at radius 1 is 1.12 bits per heavy atom. The predicted octanol–water partition coefficient (Wildman–Crippen LogP) is 4.89. The minimum atomic E-state index is -4.78. The monoisotopic (exact) mass is 378 g/mol. The van der Waals surface area contributed by atoms with Crippen LogP contribution < -0.4 is 10.1 Å². The van der Waals surface area contributed by atoms with Gasteiger partial charge in [0, 0.05) is 22.7 Å². The molecule has 1 N–H and O–H groups in total. The second-order valence-corrected chi connectivity index (χ2v) is 6.17. The van der Waals surface area contributed by atoms with E-state index in [-0.39, 0.29) is 18.0 Å². The number of hydrogen-bond donors (Lipinski definition) is 1. The Labute approximate surface area is 151 Å². The summed E-state index contributed by atoms with van der Waals surface area (Å²) in [6.45, 7) is 0. The maximum Gasteiger partial charge on any atom is 0.573 e. The summed E-state index contributed by atoms with van der Waals surface area (Å²) in [7, 11) is 0. The summed E-state index contributed by atoms with van der Waals surface area (Å²) in [5.41, 5.74) is 1.77. The zero-order valence-electron chi connectivity index (χ0n) is 13.3. The van der Waals surface area contributed by atoms with Gasteiger partial charge in [-0.2, -0.15) is 0 Å². The van der Waals surface area contributed by atoms with Crippen LogP contribution >= 0.6 is 11.3 Å². The van der Waals surface area contributed by atoms with Crippen LogP contribution in [0.1, 0.15) is 5.69 Å². The number of hydrogen-bond acceptors (Lipinski definition) is 4. The van der Waals surface area contributed by atoms with Crippen molar-refractivity contribution in [2.45, 2.75) is 12.8 Å². The third-order valence-corrected chi connectivity index (χ3v) is 4.21. The van der Waals surface area contributed by atoms with Crippen molar-refractivity contribution in [2.75, 3.05) is 5.32 Å². The second-order valence-electron chi connectivity index (χ2n) is 5.31. The lowest BCUT2D eigenvalue weighted by molar-refractivity contribution is -0.274. The largest absolute Gasteiger partial charge is 0.573 e. The molecule has 3 aromatic rings. The van der Waals surface area contributed by atoms with Crippen LogP contribution in [-0.4, -0.2) is 17.3 Å². The van der Waals surface area contributed by atoms with Crippen molar-refractivity contribution >= 4 is 22.9 Å². The van der Waals surface area contributed by atoms with Crippen molar-refractivity contribution in [3.8, 4) is 16.3 Å². The minimum absolute atomic E-state index is 0.0215. The number of thiazole rings is 1. The average Bonchev–Trinajstić information content (AvgIpc) is 3.02. The van der Waals surface area contributed by atoms with E-state index in [0.717, 1.165) is 22.7 Å². The number of ether oxygens (including phenoxy) is 1. The molecule has 0 bridgehead atoms. The van der Waals surface area contributed by atoms with E-state index in [1.807, 2.05) is 30.3 Å². The number of nitrogens with one attached hydrogen (secondary N) is 1. The summed E-state index contributed by atoms with van der Waals surface area (Å²) in [5, 5.41) is 5.13. The van der Waals surface area contributed by atoms with Crippen LogP contribution in [0, 0.1) is 0 Å². The number of aromatic nitrogens is 1. The van der Waals surface area contributed by atoms with E-state index in [0.29, 0.717) is 5.69 Å². The number of carbonyl (C=O) groups is 1. The normalized spacial score (nSPS) is 11.2. The fraction of sp³-hybridized carbons (Fsp3) is 0.111. The number of carbonyl (C=O) groups excluding carboxylic acids is 1. The molecule has 0 aliphatic carbocycles. The molecule has 134 valence electrons. The molecule has 0 aliphatic rings. The fourth-order valence-electron chi connectivity index (χ4n) is 2.24. The molecule has 0 atom stereocenters. The molecule has 2 aromatic carbocycles. The van der Waals surface area contributed by atoms with Gasteiger partial charge in [-0.3, -0.25) is 4.79 Å². The third kappa shape index (κ3) is 5.06. The van der Waals surface area contributed by atoms with E-state index in [4.69, 9.17) is 0 Å². The van der Waals surface area contributed by atoms with Crippen molar-refractivity contribution in [3.05, 3.63) is 65.7 Å². The SMILES string of the molecule is O=C(Cc1csc(-c2ccccc2)n1)Nc1cccc(OC(F)(F)F)c1. The van der Waals surface area contributed by atoms with E-state index in [1.165, 1.54) is 23.5 Å². The molecule has 1 heterocycles. The Hall–Kier alpha value is -2.87. The van der Waals surface area contributed by atoms with Crippen molar-refractivity contribution in [1.29, 1.82) is 0 Å². The molecule has 0 spiro atoms. The molecule has 1 amide bonds. The quantitative estimate of drug-likeness (QED) is 0.688. The van der Waals surface area contributed by atoms with Gasteiger partial charge in [0.1, 0.15) is 10.8 Å². The van der Waals surface area contributed by atoms with Gasteiger partial charge in [0.2, 0.25) is 5.91 Å². The summed E-state index contributed by atoms with van der Waals surface area (Å²) >= 11 is 1.42. The molecule has 0 radical (unpaired) electrons. The smallest absolute Gasteiger partial charge is 0.406 e. The molecular formula is C18H13F3N2O2S. The highest BCUT2D eigenvalue weighted by molar-refractivity contribution is 7.13. The van der Waals surface area contributed by atoms with Gasteiger partial charge in [0.15, 0.2) is 0 Å². The second kappa shape index (κ2) is 7.57. The number of amides is 1. The molecule has 3 rings (SSSR count). The maximum absolute atomic E-state index is 12.2. The van der Waals surface area contributed by atoms with Gasteiger partial charge in [0.05, 0.1) is 12.1 Å². The first-order valence-corrected chi connectivity index (χ1v) is 8.42. The number of rotatable bonds is 5. The molecule has 8 heteroatoms. The third-order valence-electron chi connectivity index (χ3n) is 3.27. The van der Waals surface area contributed by atoms with E-state index in [1.54, 1.807) is 5.38 Å². The molecule has 0 saturated carbocycles. The van der Waals surface area contributed by atoms with Crippen LogP contribution in [0.15, 0.2) is 60.0 Å². The number of nitrogens with zero attached hydrogens (tertiary/aromatic N) is 1. The Kier molecular flexibility index (Phi) is 5.22. The van der Waals surface area contributed by atoms with Crippen molar-refractivity contribution < 1.29 is 22.7 Å². The lowest BCUT2D eigenvalue weighted by atomic mass is 10.2. The Bertz CT molecular complexity index is 895. The van der Waals surface area contributed by atoms with Gasteiger partial charge in [-0.15, -0.1) is 24.5 Å². The number of benzene rings is 2. The molecule has 0 aliphatic heterocycles. The zero-order valence-corrected chi connectivity index (χ0v) is 14.1. The van der Waals surface area contributed by atoms with Crippen molar-refractivity contribution in [3.63, 3.8) is 0 Å². The minimum Gasteiger partial charge on any atom is -0.406 e. The van der Waals surface area contributed by atoms with Crippen LogP contribution in [-0.2, 0) is 11.2 Å². The van der Waals surface area contributed by atoms with Crippen LogP contribution in [0.4, 0.5) is 18.9 Å². The molecule has 1 aromatic heterocycles. The Morgan fingerprint density at radius 2 is 1.88 bits per heavy atom. The summed E-state index contributed by atoms with van der Waals surface area (Å²) < 4.78 is 40.6. The molecule has 0 fully saturated rings. The van der Waals surface area contributed by atoms with Crippen molar-refractivity contribution in [1.82, 2.24) is 4.98 Å². The van der Waals surface area contributed by atoms with Gasteiger partial charge < -0.3 is 10.1 Å². The first-order chi connectivity index (χ1) is 12.4. The molecule has 0 unspecified atom stereocenters. The maximum atomic E-state index is 12.2. The van der Waals surface area contributed by atoms with Crippen LogP contribution in [0.3, 0.4) is 0 Å². The van der Waals surface area contributed by atoms with Crippen LogP contribution in [0.5, 0.6) is 5.75 Å². The van der Waals surface area contributed by atoms with Gasteiger partial charge in [0.25, 0.3) is 0 Å². The average molecular weight is 378 g/mol. The van der Waals surface area contributed by atoms with Crippen molar-refractivity contribution in [2.24, 2.45) is 0 Å². The Balaban J connectivity index is 1.63.